The molecule has 0 aromatic heterocycles. The van der Waals surface area contributed by atoms with E-state index >= 15 is 0 Å². The molecule has 28 heavy (non-hydrogen) atoms. The maximum absolute atomic E-state index is 7.24. The fourth-order valence-electron chi connectivity index (χ4n) is 8.81. The van der Waals surface area contributed by atoms with Crippen molar-refractivity contribution in [3.05, 3.63) is 0 Å². The Hall–Kier alpha value is 2.56. The first kappa shape index (κ1) is 20.0. The molecule has 5 aliphatic carbocycles. The molecule has 2 aliphatic heterocycles. The van der Waals surface area contributed by atoms with Crippen LogP contribution in [0.5, 0.6) is 0 Å². The third-order valence-electron chi connectivity index (χ3n) is 9.38. The molecule has 2 heterocycles. The average molecular weight is 534 g/mol. The number of hydrogen-bond donors (Lipinski definition) is 0. The molecule has 7 aliphatic rings. The van der Waals surface area contributed by atoms with Gasteiger partial charge in [-0.25, -0.2) is 0 Å². The maximum Gasteiger partial charge on any atom is 0.0381 e. The van der Waals surface area contributed by atoms with Crippen LogP contribution in [0.25, 0.3) is 0 Å². The minimum absolute atomic E-state index is 0.266. The van der Waals surface area contributed by atoms with Crippen LogP contribution in [0.2, 0.25) is 0 Å². The molecule has 0 aromatic rings. The van der Waals surface area contributed by atoms with Gasteiger partial charge in [-0.15, -0.1) is 46.4 Å². The molecule has 0 aromatic carbocycles. The lowest BCUT2D eigenvalue weighted by Gasteiger charge is -2.67. The SMILES string of the molecule is ClC1CC2SSC3CC(Cl)C4C5C(Cl)CC6SSC7CC(Cl)C(C1C4C23)C5C76. The van der Waals surface area contributed by atoms with Crippen molar-refractivity contribution in [3.8, 4) is 0 Å². The molecular weight excluding hydrogens is 510 g/mol. The lowest BCUT2D eigenvalue weighted by Crippen LogP contribution is -2.68. The summed E-state index contributed by atoms with van der Waals surface area (Å²) in [4.78, 5) is 0. The second-order valence-electron chi connectivity index (χ2n) is 10.2. The van der Waals surface area contributed by atoms with Crippen LogP contribution in [0.1, 0.15) is 25.7 Å². The van der Waals surface area contributed by atoms with Crippen LogP contribution in [0.4, 0.5) is 0 Å². The quantitative estimate of drug-likeness (QED) is 0.237. The third-order valence-corrected chi connectivity index (χ3v) is 18.1. The summed E-state index contributed by atoms with van der Waals surface area (Å²) >= 11 is 29.0. The minimum atomic E-state index is 0.266. The summed E-state index contributed by atoms with van der Waals surface area (Å²) in [5.41, 5.74) is 0. The van der Waals surface area contributed by atoms with Gasteiger partial charge in [0.25, 0.3) is 0 Å². The molecule has 0 amide bonds. The molecule has 0 nitrogen and oxygen atoms in total. The van der Waals surface area contributed by atoms with Crippen molar-refractivity contribution in [1.29, 1.82) is 0 Å². The largest absolute Gasteiger partial charge is 0.123 e. The smallest absolute Gasteiger partial charge is 0.0381 e. The Bertz CT molecular complexity index is 575. The standard InChI is InChI=1S/C20H24Cl4S4/c21-5-1-9-17-10(26-25-9)2-7(23)15-16-8(24)4-12-18-11(27-28-12)3-6(22)14(20(16)18)13(5)19(15)17/h5-20H,1-4H2. The number of alkyl halides is 4. The van der Waals surface area contributed by atoms with E-state index in [4.69, 9.17) is 46.4 Å². The van der Waals surface area contributed by atoms with E-state index in [1.807, 2.05) is 0 Å². The van der Waals surface area contributed by atoms with E-state index in [0.29, 0.717) is 35.5 Å². The minimum Gasteiger partial charge on any atom is -0.123 e. The first-order valence-corrected chi connectivity index (χ1v) is 17.0. The van der Waals surface area contributed by atoms with Gasteiger partial charge in [0.1, 0.15) is 0 Å². The van der Waals surface area contributed by atoms with Crippen molar-refractivity contribution in [2.75, 3.05) is 0 Å². The topological polar surface area (TPSA) is 0 Å². The van der Waals surface area contributed by atoms with E-state index in [1.165, 1.54) is 25.7 Å². The van der Waals surface area contributed by atoms with Gasteiger partial charge < -0.3 is 0 Å². The van der Waals surface area contributed by atoms with Gasteiger partial charge in [0.15, 0.2) is 0 Å². The van der Waals surface area contributed by atoms with Gasteiger partial charge in [-0.1, -0.05) is 43.2 Å². The third kappa shape index (κ3) is 2.53. The van der Waals surface area contributed by atoms with Crippen LogP contribution >= 0.6 is 89.6 Å². The van der Waals surface area contributed by atoms with Crippen molar-refractivity contribution in [3.63, 3.8) is 0 Å². The molecule has 2 saturated heterocycles. The van der Waals surface area contributed by atoms with Crippen molar-refractivity contribution >= 4 is 89.6 Å². The summed E-state index contributed by atoms with van der Waals surface area (Å²) in [5.74, 6) is 5.08. The second kappa shape index (κ2) is 7.03. The predicted molar refractivity (Wildman–Crippen MR) is 130 cm³/mol. The number of rotatable bonds is 0. The van der Waals surface area contributed by atoms with Gasteiger partial charge in [0, 0.05) is 42.5 Å². The predicted octanol–water partition coefficient (Wildman–Crippen LogP) is 7.24. The fourth-order valence-corrected chi connectivity index (χ4v) is 19.4. The molecule has 0 spiro atoms. The normalized spacial score (nSPS) is 69.0. The Morgan fingerprint density at radius 3 is 0.857 bits per heavy atom. The van der Waals surface area contributed by atoms with E-state index in [2.05, 4.69) is 43.2 Å². The summed E-state index contributed by atoms with van der Waals surface area (Å²) in [5, 5.41) is 3.93. The molecule has 7 fully saturated rings. The van der Waals surface area contributed by atoms with E-state index < -0.39 is 0 Å². The fraction of sp³-hybridized carbons (Fsp3) is 1.00. The lowest BCUT2D eigenvalue weighted by molar-refractivity contribution is -0.123. The first-order valence-electron chi connectivity index (χ1n) is 10.7. The summed E-state index contributed by atoms with van der Waals surface area (Å²) in [7, 11) is 8.45. The van der Waals surface area contributed by atoms with Gasteiger partial charge in [0.05, 0.1) is 0 Å². The number of fused-ring (bicyclic) bond motifs is 2. The molecule has 0 radical (unpaired) electrons. The van der Waals surface area contributed by atoms with Crippen LogP contribution in [-0.2, 0) is 0 Å². The molecule has 7 rings (SSSR count). The molecule has 5 saturated carbocycles. The molecule has 156 valence electrons. The van der Waals surface area contributed by atoms with Crippen molar-refractivity contribution in [2.45, 2.75) is 68.2 Å². The number of halogens is 4. The van der Waals surface area contributed by atoms with Gasteiger partial charge in [0.2, 0.25) is 0 Å². The van der Waals surface area contributed by atoms with E-state index in [9.17, 15) is 0 Å². The van der Waals surface area contributed by atoms with Crippen LogP contribution in [-0.4, -0.2) is 42.5 Å². The van der Waals surface area contributed by atoms with Gasteiger partial charge in [-0.05, 0) is 73.0 Å². The highest BCUT2D eigenvalue weighted by Crippen LogP contribution is 2.74. The van der Waals surface area contributed by atoms with E-state index in [-0.39, 0.29) is 21.5 Å². The molecule has 12 unspecified atom stereocenters. The van der Waals surface area contributed by atoms with Gasteiger partial charge in [-0.2, -0.15) is 0 Å². The van der Waals surface area contributed by atoms with E-state index in [0.717, 1.165) is 32.8 Å². The zero-order chi connectivity index (χ0) is 18.9. The lowest BCUT2D eigenvalue weighted by atomic mass is 9.42. The second-order valence-corrected chi connectivity index (χ2v) is 17.9. The van der Waals surface area contributed by atoms with Crippen LogP contribution in [0, 0.1) is 47.3 Å². The molecule has 12 atom stereocenters. The summed E-state index contributed by atoms with van der Waals surface area (Å²) < 4.78 is 0. The van der Waals surface area contributed by atoms with Crippen molar-refractivity contribution in [2.24, 2.45) is 47.3 Å². The monoisotopic (exact) mass is 532 g/mol. The van der Waals surface area contributed by atoms with Crippen LogP contribution in [0.3, 0.4) is 0 Å². The number of hydrogen-bond acceptors (Lipinski definition) is 4. The Labute approximate surface area is 203 Å². The van der Waals surface area contributed by atoms with Crippen molar-refractivity contribution in [1.82, 2.24) is 0 Å². The van der Waals surface area contributed by atoms with Gasteiger partial charge >= 0.3 is 0 Å². The molecule has 8 heteroatoms. The average Bonchev–Trinajstić information content (AvgIpc) is 3.24. The highest BCUT2D eigenvalue weighted by atomic mass is 35.5. The molecule has 0 bridgehead atoms. The summed E-state index contributed by atoms with van der Waals surface area (Å²) in [6, 6.07) is 0. The van der Waals surface area contributed by atoms with E-state index in [1.54, 1.807) is 0 Å². The zero-order valence-electron chi connectivity index (χ0n) is 15.2. The van der Waals surface area contributed by atoms with Crippen LogP contribution < -0.4 is 0 Å². The molecular formula is C20H24Cl4S4. The summed E-state index contributed by atoms with van der Waals surface area (Å²) in [6.07, 6.45) is 4.68. The maximum atomic E-state index is 7.24. The highest BCUT2D eigenvalue weighted by Gasteiger charge is 2.70. The Morgan fingerprint density at radius 2 is 0.607 bits per heavy atom. The summed E-state index contributed by atoms with van der Waals surface area (Å²) in [6.45, 7) is 0. The Kier molecular flexibility index (Phi) is 5.02. The van der Waals surface area contributed by atoms with Crippen molar-refractivity contribution < 1.29 is 0 Å². The van der Waals surface area contributed by atoms with Gasteiger partial charge in [-0.3, -0.25) is 0 Å². The Morgan fingerprint density at radius 1 is 0.357 bits per heavy atom. The Balaban J connectivity index is 1.40. The zero-order valence-corrected chi connectivity index (χ0v) is 21.5. The first-order chi connectivity index (χ1) is 13.5. The van der Waals surface area contributed by atoms with Crippen LogP contribution in [0.15, 0.2) is 0 Å². The highest BCUT2D eigenvalue weighted by molar-refractivity contribution is 8.77. The molecule has 0 N–H and O–H groups in total.